The quantitative estimate of drug-likeness (QED) is 0.497. The maximum absolute atomic E-state index is 13.9. The highest BCUT2D eigenvalue weighted by molar-refractivity contribution is 7.99. The molecule has 0 radical (unpaired) electrons. The van der Waals surface area contributed by atoms with Crippen LogP contribution in [0.15, 0.2) is 42.5 Å². The van der Waals surface area contributed by atoms with Crippen molar-refractivity contribution in [3.8, 4) is 5.75 Å². The second-order valence-corrected chi connectivity index (χ2v) is 6.94. The monoisotopic (exact) mass is 392 g/mol. The smallest absolute Gasteiger partial charge is 0.311 e. The van der Waals surface area contributed by atoms with Gasteiger partial charge in [0.15, 0.2) is 5.75 Å². The van der Waals surface area contributed by atoms with Gasteiger partial charge in [0.1, 0.15) is 5.82 Å². The molecule has 0 N–H and O–H groups in total. The second-order valence-electron chi connectivity index (χ2n) is 5.96. The lowest BCUT2D eigenvalue weighted by atomic mass is 10.1. The van der Waals surface area contributed by atoms with Gasteiger partial charge in [-0.1, -0.05) is 24.3 Å². The van der Waals surface area contributed by atoms with Crippen LogP contribution in [0.3, 0.4) is 0 Å². The summed E-state index contributed by atoms with van der Waals surface area (Å²) in [5.41, 5.74) is 1.08. The maximum Gasteiger partial charge on any atom is 0.311 e. The van der Waals surface area contributed by atoms with Crippen molar-refractivity contribution in [2.75, 3.05) is 19.9 Å². The number of thioether (sulfide) groups is 1. The maximum atomic E-state index is 13.9. The third-order valence-electron chi connectivity index (χ3n) is 4.26. The summed E-state index contributed by atoms with van der Waals surface area (Å²) in [6, 6.07) is 10.7. The van der Waals surface area contributed by atoms with Crippen molar-refractivity contribution in [1.29, 1.82) is 0 Å². The van der Waals surface area contributed by atoms with Gasteiger partial charge in [-0.05, 0) is 24.6 Å². The fourth-order valence-corrected chi connectivity index (χ4v) is 3.46. The third kappa shape index (κ3) is 5.19. The minimum absolute atomic E-state index is 0.104. The number of ether oxygens (including phenoxy) is 1. The van der Waals surface area contributed by atoms with E-state index in [0.717, 1.165) is 5.56 Å². The number of nitrogens with zero attached hydrogens (tertiary/aromatic N) is 2. The number of halogens is 1. The molecule has 0 aromatic heterocycles. The first-order valence-electron chi connectivity index (χ1n) is 8.24. The van der Waals surface area contributed by atoms with Gasteiger partial charge in [0.05, 0.1) is 23.8 Å². The summed E-state index contributed by atoms with van der Waals surface area (Å²) in [4.78, 5) is 24.5. The van der Waals surface area contributed by atoms with Crippen molar-refractivity contribution in [3.63, 3.8) is 0 Å². The molecule has 27 heavy (non-hydrogen) atoms. The Kier molecular flexibility index (Phi) is 7.18. The lowest BCUT2D eigenvalue weighted by molar-refractivity contribution is -0.385. The van der Waals surface area contributed by atoms with Gasteiger partial charge in [0, 0.05) is 24.4 Å². The van der Waals surface area contributed by atoms with Gasteiger partial charge in [-0.15, -0.1) is 11.8 Å². The summed E-state index contributed by atoms with van der Waals surface area (Å²) in [7, 11) is 3.01. The molecule has 0 heterocycles. The van der Waals surface area contributed by atoms with E-state index in [9.17, 15) is 19.3 Å². The SMILES string of the molecule is COc1ccc(CSCC(=O)N(C)C(C)c2ccccc2F)cc1[N+](=O)[O-]. The molecule has 144 valence electrons. The van der Waals surface area contributed by atoms with Crippen LogP contribution in [0.4, 0.5) is 10.1 Å². The molecule has 1 unspecified atom stereocenters. The number of nitro groups is 1. The van der Waals surface area contributed by atoms with Gasteiger partial charge in [-0.2, -0.15) is 0 Å². The zero-order valence-corrected chi connectivity index (χ0v) is 16.2. The standard InChI is InChI=1S/C19H21FN2O4S/c1-13(15-6-4-5-7-16(15)20)21(2)19(23)12-27-11-14-8-9-18(26-3)17(10-14)22(24)25/h4-10,13H,11-12H2,1-3H3. The molecular formula is C19H21FN2O4S. The number of nitro benzene ring substituents is 1. The Hall–Kier alpha value is -2.61. The van der Waals surface area contributed by atoms with Crippen molar-refractivity contribution >= 4 is 23.4 Å². The normalized spacial score (nSPS) is 11.7. The molecule has 6 nitrogen and oxygen atoms in total. The first kappa shape index (κ1) is 20.7. The summed E-state index contributed by atoms with van der Waals surface area (Å²) >= 11 is 1.35. The summed E-state index contributed by atoms with van der Waals surface area (Å²) in [6.07, 6.45) is 0. The van der Waals surface area contributed by atoms with E-state index in [1.165, 1.54) is 35.9 Å². The van der Waals surface area contributed by atoms with Crippen molar-refractivity contribution in [2.24, 2.45) is 0 Å². The van der Waals surface area contributed by atoms with Crippen LogP contribution in [0.25, 0.3) is 0 Å². The van der Waals surface area contributed by atoms with Crippen molar-refractivity contribution in [3.05, 3.63) is 69.5 Å². The highest BCUT2D eigenvalue weighted by Gasteiger charge is 2.20. The van der Waals surface area contributed by atoms with E-state index in [0.29, 0.717) is 11.3 Å². The highest BCUT2D eigenvalue weighted by Crippen LogP contribution is 2.29. The van der Waals surface area contributed by atoms with E-state index in [1.807, 2.05) is 0 Å². The minimum Gasteiger partial charge on any atom is -0.490 e. The van der Waals surface area contributed by atoms with E-state index >= 15 is 0 Å². The molecule has 8 heteroatoms. The van der Waals surface area contributed by atoms with E-state index < -0.39 is 4.92 Å². The second kappa shape index (κ2) is 9.36. The molecule has 0 saturated carbocycles. The average Bonchev–Trinajstić information content (AvgIpc) is 2.66. The zero-order valence-electron chi connectivity index (χ0n) is 15.3. The Morgan fingerprint density at radius 3 is 2.67 bits per heavy atom. The van der Waals surface area contributed by atoms with Crippen LogP contribution < -0.4 is 4.74 Å². The number of benzene rings is 2. The molecular weight excluding hydrogens is 371 g/mol. The summed E-state index contributed by atoms with van der Waals surface area (Å²) in [5.74, 6) is 0.345. The van der Waals surface area contributed by atoms with Gasteiger partial charge in [-0.3, -0.25) is 14.9 Å². The molecule has 2 aromatic carbocycles. The lowest BCUT2D eigenvalue weighted by Crippen LogP contribution is -2.31. The number of methoxy groups -OCH3 is 1. The molecule has 0 fully saturated rings. The van der Waals surface area contributed by atoms with E-state index in [4.69, 9.17) is 4.74 Å². The van der Waals surface area contributed by atoms with Crippen LogP contribution in [-0.2, 0) is 10.5 Å². The van der Waals surface area contributed by atoms with Crippen molar-refractivity contribution in [2.45, 2.75) is 18.7 Å². The molecule has 0 aliphatic carbocycles. The number of hydrogen-bond donors (Lipinski definition) is 0. The van der Waals surface area contributed by atoms with Crippen LogP contribution in [0.5, 0.6) is 5.75 Å². The topological polar surface area (TPSA) is 72.7 Å². The fraction of sp³-hybridized carbons (Fsp3) is 0.316. The summed E-state index contributed by atoms with van der Waals surface area (Å²) < 4.78 is 18.9. The number of hydrogen-bond acceptors (Lipinski definition) is 5. The van der Waals surface area contributed by atoms with E-state index in [2.05, 4.69) is 0 Å². The Balaban J connectivity index is 1.95. The van der Waals surface area contributed by atoms with Crippen molar-refractivity contribution < 1.29 is 18.8 Å². The molecule has 2 aromatic rings. The number of amides is 1. The van der Waals surface area contributed by atoms with Crippen LogP contribution in [0.1, 0.15) is 24.1 Å². The average molecular weight is 392 g/mol. The van der Waals surface area contributed by atoms with Crippen LogP contribution in [-0.4, -0.2) is 35.6 Å². The predicted molar refractivity (Wildman–Crippen MR) is 103 cm³/mol. The zero-order chi connectivity index (χ0) is 20.0. The molecule has 0 bridgehead atoms. The summed E-state index contributed by atoms with van der Waals surface area (Å²) in [6.45, 7) is 1.77. The van der Waals surface area contributed by atoms with E-state index in [-0.39, 0.29) is 35.0 Å². The summed E-state index contributed by atoms with van der Waals surface area (Å²) in [5, 5.41) is 11.1. The highest BCUT2D eigenvalue weighted by atomic mass is 32.2. The number of rotatable bonds is 8. The number of carbonyl (C=O) groups excluding carboxylic acids is 1. The first-order valence-corrected chi connectivity index (χ1v) is 9.39. The van der Waals surface area contributed by atoms with Crippen LogP contribution in [0, 0.1) is 15.9 Å². The Morgan fingerprint density at radius 1 is 1.33 bits per heavy atom. The third-order valence-corrected chi connectivity index (χ3v) is 5.25. The largest absolute Gasteiger partial charge is 0.490 e. The molecule has 0 spiro atoms. The van der Waals surface area contributed by atoms with Gasteiger partial charge in [0.25, 0.3) is 0 Å². The Bertz CT molecular complexity index is 831. The van der Waals surface area contributed by atoms with Crippen molar-refractivity contribution in [1.82, 2.24) is 4.90 Å². The fourth-order valence-electron chi connectivity index (χ4n) is 2.56. The van der Waals surface area contributed by atoms with Gasteiger partial charge in [0.2, 0.25) is 5.91 Å². The first-order chi connectivity index (χ1) is 12.8. The molecule has 1 amide bonds. The van der Waals surface area contributed by atoms with Gasteiger partial charge < -0.3 is 9.64 Å². The Morgan fingerprint density at radius 2 is 2.04 bits per heavy atom. The van der Waals surface area contributed by atoms with E-state index in [1.54, 1.807) is 44.3 Å². The van der Waals surface area contributed by atoms with Crippen LogP contribution in [0.2, 0.25) is 0 Å². The molecule has 0 aliphatic rings. The van der Waals surface area contributed by atoms with Gasteiger partial charge in [-0.25, -0.2) is 4.39 Å². The lowest BCUT2D eigenvalue weighted by Gasteiger charge is -2.25. The molecule has 1 atom stereocenters. The number of carbonyl (C=O) groups is 1. The molecule has 2 rings (SSSR count). The predicted octanol–water partition coefficient (Wildman–Crippen LogP) is 4.20. The molecule has 0 saturated heterocycles. The Labute approximate surface area is 161 Å². The molecule has 0 aliphatic heterocycles. The van der Waals surface area contributed by atoms with Crippen LogP contribution >= 0.6 is 11.8 Å². The minimum atomic E-state index is -0.498. The van der Waals surface area contributed by atoms with Gasteiger partial charge >= 0.3 is 5.69 Å².